The lowest BCUT2D eigenvalue weighted by atomic mass is 10.1. The summed E-state index contributed by atoms with van der Waals surface area (Å²) in [5, 5.41) is 2.24. The second-order valence-electron chi connectivity index (χ2n) is 6.13. The van der Waals surface area contributed by atoms with Crippen LogP contribution in [0.15, 0.2) is 40.8 Å². The standard InChI is InChI=1S/C19H19FN2O3S/c1-4-11(2)25-19(24)12(3)22-10-21-17-16(18(22)23)15(9-26-17)13-5-7-14(20)8-6-13/h5-12H,4H2,1-3H3/t11-,12+/m0/s1. The van der Waals surface area contributed by atoms with Crippen LogP contribution in [0.2, 0.25) is 0 Å². The van der Waals surface area contributed by atoms with E-state index >= 15 is 0 Å². The molecular weight excluding hydrogens is 355 g/mol. The van der Waals surface area contributed by atoms with E-state index in [0.717, 1.165) is 5.56 Å². The molecule has 5 nitrogen and oxygen atoms in total. The Kier molecular flexibility index (Phi) is 5.18. The number of carbonyl (C=O) groups is 1. The fraction of sp³-hybridized carbons (Fsp3) is 0.316. The first-order valence-corrected chi connectivity index (χ1v) is 9.25. The van der Waals surface area contributed by atoms with Crippen LogP contribution in [0.3, 0.4) is 0 Å². The van der Waals surface area contributed by atoms with Crippen LogP contribution < -0.4 is 5.56 Å². The Morgan fingerprint density at radius 1 is 1.31 bits per heavy atom. The lowest BCUT2D eigenvalue weighted by Crippen LogP contribution is -2.31. The molecule has 0 bridgehead atoms. The number of aromatic nitrogens is 2. The second-order valence-corrected chi connectivity index (χ2v) is 6.98. The van der Waals surface area contributed by atoms with E-state index in [1.807, 2.05) is 12.3 Å². The van der Waals surface area contributed by atoms with E-state index in [9.17, 15) is 14.0 Å². The number of ether oxygens (including phenoxy) is 1. The van der Waals surface area contributed by atoms with Gasteiger partial charge >= 0.3 is 5.97 Å². The van der Waals surface area contributed by atoms with Crippen molar-refractivity contribution in [3.63, 3.8) is 0 Å². The molecular formula is C19H19FN2O3S. The van der Waals surface area contributed by atoms with Crippen molar-refractivity contribution in [3.05, 3.63) is 52.1 Å². The molecule has 26 heavy (non-hydrogen) atoms. The molecule has 2 heterocycles. The minimum Gasteiger partial charge on any atom is -0.461 e. The molecule has 136 valence electrons. The van der Waals surface area contributed by atoms with Crippen LogP contribution in [0.25, 0.3) is 21.3 Å². The van der Waals surface area contributed by atoms with Gasteiger partial charge in [-0.3, -0.25) is 9.36 Å². The van der Waals surface area contributed by atoms with Gasteiger partial charge in [0.1, 0.15) is 16.7 Å². The van der Waals surface area contributed by atoms with E-state index in [2.05, 4.69) is 4.98 Å². The van der Waals surface area contributed by atoms with E-state index < -0.39 is 12.0 Å². The van der Waals surface area contributed by atoms with Crippen molar-refractivity contribution in [1.29, 1.82) is 0 Å². The fourth-order valence-corrected chi connectivity index (χ4v) is 3.46. The Bertz CT molecular complexity index is 994. The monoisotopic (exact) mass is 374 g/mol. The molecule has 0 saturated carbocycles. The summed E-state index contributed by atoms with van der Waals surface area (Å²) in [6.07, 6.45) is 1.86. The quantitative estimate of drug-likeness (QED) is 0.629. The summed E-state index contributed by atoms with van der Waals surface area (Å²) in [4.78, 5) is 30.2. The molecule has 7 heteroatoms. The molecule has 3 aromatic rings. The largest absolute Gasteiger partial charge is 0.461 e. The first-order valence-electron chi connectivity index (χ1n) is 8.37. The maximum absolute atomic E-state index is 13.2. The number of rotatable bonds is 5. The van der Waals surface area contributed by atoms with Crippen LogP contribution >= 0.6 is 11.3 Å². The number of carbonyl (C=O) groups excluding carboxylic acids is 1. The third kappa shape index (κ3) is 3.39. The Labute approximate surface area is 154 Å². The van der Waals surface area contributed by atoms with Crippen LogP contribution in [0.1, 0.15) is 33.2 Å². The highest BCUT2D eigenvalue weighted by atomic mass is 32.1. The third-order valence-corrected chi connectivity index (χ3v) is 5.21. The van der Waals surface area contributed by atoms with E-state index in [4.69, 9.17) is 4.74 Å². The molecule has 1 aromatic carbocycles. The summed E-state index contributed by atoms with van der Waals surface area (Å²) in [5.74, 6) is -0.814. The molecule has 0 unspecified atom stereocenters. The van der Waals surface area contributed by atoms with Crippen molar-refractivity contribution < 1.29 is 13.9 Å². The molecule has 0 spiro atoms. The van der Waals surface area contributed by atoms with E-state index in [0.29, 0.717) is 22.2 Å². The van der Waals surface area contributed by atoms with Crippen LogP contribution in [-0.4, -0.2) is 21.6 Å². The Hall–Kier alpha value is -2.54. The van der Waals surface area contributed by atoms with Crippen molar-refractivity contribution >= 4 is 27.5 Å². The minimum absolute atomic E-state index is 0.215. The van der Waals surface area contributed by atoms with Gasteiger partial charge in [-0.1, -0.05) is 19.1 Å². The summed E-state index contributed by atoms with van der Waals surface area (Å²) in [5.41, 5.74) is 1.09. The lowest BCUT2D eigenvalue weighted by molar-refractivity contribution is -0.152. The van der Waals surface area contributed by atoms with Gasteiger partial charge < -0.3 is 4.74 Å². The molecule has 0 N–H and O–H groups in total. The highest BCUT2D eigenvalue weighted by Crippen LogP contribution is 2.31. The van der Waals surface area contributed by atoms with Gasteiger partial charge in [0.15, 0.2) is 0 Å². The highest BCUT2D eigenvalue weighted by molar-refractivity contribution is 7.17. The van der Waals surface area contributed by atoms with E-state index in [1.165, 1.54) is 34.4 Å². The van der Waals surface area contributed by atoms with Crippen molar-refractivity contribution in [3.8, 4) is 11.1 Å². The SMILES string of the molecule is CC[C@H](C)OC(=O)[C@@H](C)n1cnc2scc(-c3ccc(F)cc3)c2c1=O. The summed E-state index contributed by atoms with van der Waals surface area (Å²) in [6, 6.07) is 5.15. The first kappa shape index (κ1) is 18.3. The zero-order chi connectivity index (χ0) is 18.8. The predicted molar refractivity (Wildman–Crippen MR) is 99.8 cm³/mol. The Balaban J connectivity index is 2.05. The van der Waals surface area contributed by atoms with Crippen molar-refractivity contribution in [1.82, 2.24) is 9.55 Å². The maximum Gasteiger partial charge on any atom is 0.329 e. The molecule has 0 radical (unpaired) electrons. The second kappa shape index (κ2) is 7.37. The molecule has 0 aliphatic carbocycles. The predicted octanol–water partition coefficient (Wildman–Crippen LogP) is 4.17. The van der Waals surface area contributed by atoms with Gasteiger partial charge in [-0.05, 0) is 38.0 Å². The van der Waals surface area contributed by atoms with Gasteiger partial charge in [-0.15, -0.1) is 11.3 Å². The fourth-order valence-electron chi connectivity index (χ4n) is 2.56. The average Bonchev–Trinajstić information content (AvgIpc) is 3.07. The molecule has 0 fully saturated rings. The van der Waals surface area contributed by atoms with E-state index in [-0.39, 0.29) is 17.5 Å². The van der Waals surface area contributed by atoms with Gasteiger partial charge in [0, 0.05) is 10.9 Å². The molecule has 0 aliphatic rings. The zero-order valence-electron chi connectivity index (χ0n) is 14.7. The number of esters is 1. The Morgan fingerprint density at radius 3 is 2.65 bits per heavy atom. The normalized spacial score (nSPS) is 13.5. The molecule has 0 aliphatic heterocycles. The maximum atomic E-state index is 13.2. The lowest BCUT2D eigenvalue weighted by Gasteiger charge is -2.17. The van der Waals surface area contributed by atoms with Crippen LogP contribution in [0, 0.1) is 5.82 Å². The van der Waals surface area contributed by atoms with Gasteiger partial charge in [0.25, 0.3) is 5.56 Å². The number of thiophene rings is 1. The average molecular weight is 374 g/mol. The number of benzene rings is 1. The molecule has 0 amide bonds. The smallest absolute Gasteiger partial charge is 0.329 e. The number of fused-ring (bicyclic) bond motifs is 1. The van der Waals surface area contributed by atoms with Crippen LogP contribution in [0.5, 0.6) is 0 Å². The first-order chi connectivity index (χ1) is 12.4. The minimum atomic E-state index is -0.783. The molecule has 0 saturated heterocycles. The van der Waals surface area contributed by atoms with Gasteiger partial charge in [0.2, 0.25) is 0 Å². The summed E-state index contributed by atoms with van der Waals surface area (Å²) < 4.78 is 19.8. The summed E-state index contributed by atoms with van der Waals surface area (Å²) in [7, 11) is 0. The van der Waals surface area contributed by atoms with Crippen molar-refractivity contribution in [2.75, 3.05) is 0 Å². The highest BCUT2D eigenvalue weighted by Gasteiger charge is 2.22. The van der Waals surface area contributed by atoms with E-state index in [1.54, 1.807) is 26.0 Å². The Morgan fingerprint density at radius 2 is 2.00 bits per heavy atom. The summed E-state index contributed by atoms with van der Waals surface area (Å²) >= 11 is 1.34. The summed E-state index contributed by atoms with van der Waals surface area (Å²) in [6.45, 7) is 5.34. The third-order valence-electron chi connectivity index (χ3n) is 4.33. The van der Waals surface area contributed by atoms with Gasteiger partial charge in [-0.2, -0.15) is 0 Å². The topological polar surface area (TPSA) is 61.2 Å². The number of hydrogen-bond acceptors (Lipinski definition) is 5. The van der Waals surface area contributed by atoms with Gasteiger partial charge in [0.05, 0.1) is 17.8 Å². The van der Waals surface area contributed by atoms with Gasteiger partial charge in [-0.25, -0.2) is 14.2 Å². The van der Waals surface area contributed by atoms with Crippen LogP contribution in [0.4, 0.5) is 4.39 Å². The molecule has 3 rings (SSSR count). The molecule has 2 aromatic heterocycles. The van der Waals surface area contributed by atoms with Crippen LogP contribution in [-0.2, 0) is 9.53 Å². The number of nitrogens with zero attached hydrogens (tertiary/aromatic N) is 2. The molecule has 2 atom stereocenters. The zero-order valence-corrected chi connectivity index (χ0v) is 15.5. The van der Waals surface area contributed by atoms with Crippen molar-refractivity contribution in [2.24, 2.45) is 0 Å². The number of halogens is 1. The van der Waals surface area contributed by atoms with Crippen molar-refractivity contribution in [2.45, 2.75) is 39.3 Å². The number of hydrogen-bond donors (Lipinski definition) is 0.